The van der Waals surface area contributed by atoms with Crippen LogP contribution in [-0.4, -0.2) is 33.8 Å². The predicted octanol–water partition coefficient (Wildman–Crippen LogP) is 2.72. The van der Waals surface area contributed by atoms with Gasteiger partial charge in [-0.3, -0.25) is 9.59 Å². The third kappa shape index (κ3) is 2.47. The zero-order chi connectivity index (χ0) is 16.0. The Labute approximate surface area is 128 Å². The number of carbonyl (C=O) groups excluding carboxylic acids is 2. The standard InChI is InChI=1S/C17H30N2O2/c1-7-17(8-2)15(21)19(16(5,6)12-9-10-12)13(11(3)4)14(20)18-17/h11-13H,7-10H2,1-6H3,(H,18,20). The van der Waals surface area contributed by atoms with Crippen LogP contribution < -0.4 is 5.32 Å². The molecule has 0 aromatic heterocycles. The van der Waals surface area contributed by atoms with E-state index in [1.807, 2.05) is 32.6 Å². The Morgan fingerprint density at radius 2 is 1.76 bits per heavy atom. The van der Waals surface area contributed by atoms with Gasteiger partial charge in [-0.05, 0) is 51.4 Å². The molecular weight excluding hydrogens is 264 g/mol. The van der Waals surface area contributed by atoms with Crippen LogP contribution in [0.15, 0.2) is 0 Å². The fourth-order valence-corrected chi connectivity index (χ4v) is 3.77. The van der Waals surface area contributed by atoms with Crippen LogP contribution in [0.3, 0.4) is 0 Å². The summed E-state index contributed by atoms with van der Waals surface area (Å²) in [5.41, 5.74) is -0.950. The number of amides is 2. The third-order valence-electron chi connectivity index (χ3n) is 5.57. The van der Waals surface area contributed by atoms with Gasteiger partial charge < -0.3 is 10.2 Å². The predicted molar refractivity (Wildman–Crippen MR) is 83.7 cm³/mol. The molecule has 2 amide bonds. The number of nitrogens with one attached hydrogen (secondary N) is 1. The molecule has 2 fully saturated rings. The van der Waals surface area contributed by atoms with E-state index in [2.05, 4.69) is 19.2 Å². The molecule has 1 aliphatic carbocycles. The minimum Gasteiger partial charge on any atom is -0.340 e. The van der Waals surface area contributed by atoms with E-state index in [-0.39, 0.29) is 29.3 Å². The molecule has 120 valence electrons. The van der Waals surface area contributed by atoms with E-state index >= 15 is 0 Å². The SMILES string of the molecule is CCC1(CC)NC(=O)C(C(C)C)N(C(C)(C)C2CC2)C1=O. The van der Waals surface area contributed by atoms with E-state index in [9.17, 15) is 9.59 Å². The van der Waals surface area contributed by atoms with Gasteiger partial charge in [-0.25, -0.2) is 0 Å². The summed E-state index contributed by atoms with van der Waals surface area (Å²) >= 11 is 0. The molecule has 2 aliphatic rings. The van der Waals surface area contributed by atoms with Crippen LogP contribution in [0.4, 0.5) is 0 Å². The summed E-state index contributed by atoms with van der Waals surface area (Å²) in [6.07, 6.45) is 3.62. The van der Waals surface area contributed by atoms with Crippen LogP contribution in [-0.2, 0) is 9.59 Å². The molecule has 1 atom stereocenters. The van der Waals surface area contributed by atoms with Gasteiger partial charge >= 0.3 is 0 Å². The molecule has 0 radical (unpaired) electrons. The average molecular weight is 294 g/mol. The van der Waals surface area contributed by atoms with Crippen molar-refractivity contribution in [1.29, 1.82) is 0 Å². The van der Waals surface area contributed by atoms with Crippen molar-refractivity contribution in [3.05, 3.63) is 0 Å². The fraction of sp³-hybridized carbons (Fsp3) is 0.882. The Kier molecular flexibility index (Phi) is 4.11. The van der Waals surface area contributed by atoms with E-state index < -0.39 is 5.54 Å². The highest BCUT2D eigenvalue weighted by Crippen LogP contribution is 2.46. The highest BCUT2D eigenvalue weighted by molar-refractivity contribution is 6.00. The fourth-order valence-electron chi connectivity index (χ4n) is 3.77. The van der Waals surface area contributed by atoms with Gasteiger partial charge in [0.1, 0.15) is 11.6 Å². The number of hydrogen-bond donors (Lipinski definition) is 1. The Morgan fingerprint density at radius 1 is 1.24 bits per heavy atom. The van der Waals surface area contributed by atoms with Crippen LogP contribution in [0.2, 0.25) is 0 Å². The summed E-state index contributed by atoms with van der Waals surface area (Å²) in [6.45, 7) is 12.3. The third-order valence-corrected chi connectivity index (χ3v) is 5.57. The number of nitrogens with zero attached hydrogens (tertiary/aromatic N) is 1. The summed E-state index contributed by atoms with van der Waals surface area (Å²) in [4.78, 5) is 27.9. The second-order valence-corrected chi connectivity index (χ2v) is 7.57. The van der Waals surface area contributed by atoms with E-state index in [4.69, 9.17) is 0 Å². The van der Waals surface area contributed by atoms with E-state index in [1.165, 1.54) is 0 Å². The molecule has 0 aromatic carbocycles. The first-order valence-corrected chi connectivity index (χ1v) is 8.37. The largest absolute Gasteiger partial charge is 0.340 e. The van der Waals surface area contributed by atoms with Crippen LogP contribution in [0.1, 0.15) is 67.2 Å². The number of hydrogen-bond acceptors (Lipinski definition) is 2. The maximum Gasteiger partial charge on any atom is 0.249 e. The summed E-state index contributed by atoms with van der Waals surface area (Å²) in [7, 11) is 0. The molecule has 0 aromatic rings. The van der Waals surface area contributed by atoms with Gasteiger partial charge in [0.05, 0.1) is 0 Å². The smallest absolute Gasteiger partial charge is 0.249 e. The van der Waals surface area contributed by atoms with Crippen molar-refractivity contribution < 1.29 is 9.59 Å². The second kappa shape index (κ2) is 5.29. The van der Waals surface area contributed by atoms with Gasteiger partial charge in [0, 0.05) is 5.54 Å². The minimum absolute atomic E-state index is 0.0158. The number of piperazine rings is 1. The van der Waals surface area contributed by atoms with E-state index in [0.717, 1.165) is 12.8 Å². The normalized spacial score (nSPS) is 26.2. The molecule has 4 heteroatoms. The van der Waals surface area contributed by atoms with Gasteiger partial charge in [-0.15, -0.1) is 0 Å². The van der Waals surface area contributed by atoms with Crippen LogP contribution in [0.5, 0.6) is 0 Å². The number of rotatable bonds is 5. The van der Waals surface area contributed by atoms with Crippen molar-refractivity contribution >= 4 is 11.8 Å². The highest BCUT2D eigenvalue weighted by Gasteiger charge is 2.56. The minimum atomic E-state index is -0.714. The van der Waals surface area contributed by atoms with Gasteiger partial charge in [0.15, 0.2) is 0 Å². The van der Waals surface area contributed by atoms with Crippen molar-refractivity contribution in [2.45, 2.75) is 84.3 Å². The van der Waals surface area contributed by atoms with Crippen molar-refractivity contribution in [2.75, 3.05) is 0 Å². The summed E-state index contributed by atoms with van der Waals surface area (Å²) in [5.74, 6) is 0.781. The Bertz CT molecular complexity index is 434. The quantitative estimate of drug-likeness (QED) is 0.847. The molecule has 0 bridgehead atoms. The maximum atomic E-state index is 13.3. The molecule has 1 saturated heterocycles. The number of carbonyl (C=O) groups is 2. The summed E-state index contributed by atoms with van der Waals surface area (Å²) < 4.78 is 0. The molecule has 1 heterocycles. The van der Waals surface area contributed by atoms with E-state index in [0.29, 0.717) is 18.8 Å². The molecule has 1 saturated carbocycles. The zero-order valence-corrected chi connectivity index (χ0v) is 14.3. The Morgan fingerprint density at radius 3 is 2.14 bits per heavy atom. The first-order valence-electron chi connectivity index (χ1n) is 8.37. The lowest BCUT2D eigenvalue weighted by Crippen LogP contribution is -2.75. The van der Waals surface area contributed by atoms with Crippen LogP contribution >= 0.6 is 0 Å². The molecule has 1 unspecified atom stereocenters. The van der Waals surface area contributed by atoms with Crippen LogP contribution in [0, 0.1) is 11.8 Å². The molecule has 1 aliphatic heterocycles. The molecule has 1 N–H and O–H groups in total. The van der Waals surface area contributed by atoms with Gasteiger partial charge in [0.25, 0.3) is 0 Å². The van der Waals surface area contributed by atoms with Crippen molar-refractivity contribution in [2.24, 2.45) is 11.8 Å². The Balaban J connectivity index is 2.47. The van der Waals surface area contributed by atoms with Gasteiger partial charge in [-0.1, -0.05) is 27.7 Å². The first-order chi connectivity index (χ1) is 9.71. The molecular formula is C17H30N2O2. The summed E-state index contributed by atoms with van der Waals surface area (Å²) in [5, 5.41) is 3.04. The van der Waals surface area contributed by atoms with Gasteiger partial charge in [0.2, 0.25) is 11.8 Å². The van der Waals surface area contributed by atoms with Gasteiger partial charge in [-0.2, -0.15) is 0 Å². The monoisotopic (exact) mass is 294 g/mol. The zero-order valence-electron chi connectivity index (χ0n) is 14.3. The summed E-state index contributed by atoms with van der Waals surface area (Å²) in [6, 6.07) is -0.348. The average Bonchev–Trinajstić information content (AvgIpc) is 3.24. The second-order valence-electron chi connectivity index (χ2n) is 7.57. The van der Waals surface area contributed by atoms with Crippen LogP contribution in [0.25, 0.3) is 0 Å². The topological polar surface area (TPSA) is 49.4 Å². The molecule has 4 nitrogen and oxygen atoms in total. The highest BCUT2D eigenvalue weighted by atomic mass is 16.2. The molecule has 0 spiro atoms. The Hall–Kier alpha value is -1.06. The molecule has 21 heavy (non-hydrogen) atoms. The van der Waals surface area contributed by atoms with Crippen molar-refractivity contribution in [3.63, 3.8) is 0 Å². The maximum absolute atomic E-state index is 13.3. The first kappa shape index (κ1) is 16.3. The van der Waals surface area contributed by atoms with Crippen molar-refractivity contribution in [1.82, 2.24) is 10.2 Å². The lowest BCUT2D eigenvalue weighted by molar-refractivity contribution is -0.165. The molecule has 2 rings (SSSR count). The lowest BCUT2D eigenvalue weighted by Gasteiger charge is -2.53. The van der Waals surface area contributed by atoms with E-state index in [1.54, 1.807) is 0 Å². The van der Waals surface area contributed by atoms with Crippen molar-refractivity contribution in [3.8, 4) is 0 Å². The lowest BCUT2D eigenvalue weighted by atomic mass is 9.80.